The number of aryl methyl sites for hydroxylation is 2. The van der Waals surface area contributed by atoms with E-state index in [0.717, 1.165) is 45.3 Å². The second-order valence-corrected chi connectivity index (χ2v) is 6.98. The molecule has 124 valence electrons. The van der Waals surface area contributed by atoms with Crippen LogP contribution in [0, 0.1) is 13.8 Å². The van der Waals surface area contributed by atoms with E-state index in [1.807, 2.05) is 19.1 Å². The molecule has 1 aromatic carbocycles. The Morgan fingerprint density at radius 1 is 1.29 bits per heavy atom. The number of hydrogen-bond acceptors (Lipinski definition) is 6. The number of aromatic nitrogens is 3. The normalized spacial score (nSPS) is 14.0. The van der Waals surface area contributed by atoms with Gasteiger partial charge in [-0.05, 0) is 25.5 Å². The van der Waals surface area contributed by atoms with Gasteiger partial charge in [-0.15, -0.1) is 0 Å². The molecule has 0 amide bonds. The first-order valence-corrected chi connectivity index (χ1v) is 8.66. The van der Waals surface area contributed by atoms with Crippen LogP contribution in [0.5, 0.6) is 5.75 Å². The lowest BCUT2D eigenvalue weighted by molar-refractivity contribution is 0.419. The first-order chi connectivity index (χ1) is 11.6. The topological polar surface area (TPSA) is 71.1 Å². The Morgan fingerprint density at radius 2 is 2.12 bits per heavy atom. The third kappa shape index (κ3) is 2.36. The van der Waals surface area contributed by atoms with E-state index in [2.05, 4.69) is 21.8 Å². The van der Waals surface area contributed by atoms with E-state index in [4.69, 9.17) is 9.72 Å². The molecule has 7 heteroatoms. The molecule has 1 N–H and O–H groups in total. The van der Waals surface area contributed by atoms with E-state index in [0.29, 0.717) is 12.4 Å². The van der Waals surface area contributed by atoms with Gasteiger partial charge in [-0.1, -0.05) is 17.4 Å². The van der Waals surface area contributed by atoms with Gasteiger partial charge in [0.2, 0.25) is 0 Å². The predicted molar refractivity (Wildman–Crippen MR) is 95.3 cm³/mol. The van der Waals surface area contributed by atoms with Crippen LogP contribution in [0.3, 0.4) is 0 Å². The summed E-state index contributed by atoms with van der Waals surface area (Å²) < 4.78 is 6.56. The van der Waals surface area contributed by atoms with Crippen LogP contribution in [0.1, 0.15) is 22.6 Å². The summed E-state index contributed by atoms with van der Waals surface area (Å²) in [6, 6.07) is 4.00. The smallest absolute Gasteiger partial charge is 0.256 e. The van der Waals surface area contributed by atoms with Crippen molar-refractivity contribution in [2.45, 2.75) is 26.8 Å². The summed E-state index contributed by atoms with van der Waals surface area (Å²) in [5.41, 5.74) is 3.68. The number of nitrogens with one attached hydrogen (secondary N) is 1. The minimum atomic E-state index is -0.0444. The minimum absolute atomic E-state index is 0.0444. The fourth-order valence-electron chi connectivity index (χ4n) is 3.11. The zero-order valence-electron chi connectivity index (χ0n) is 13.8. The average molecular weight is 342 g/mol. The maximum atomic E-state index is 12.2. The number of methoxy groups -OCH3 is 1. The Hall–Kier alpha value is -2.41. The van der Waals surface area contributed by atoms with Crippen molar-refractivity contribution in [2.75, 3.05) is 18.6 Å². The lowest BCUT2D eigenvalue weighted by atomic mass is 10.1. The Balaban J connectivity index is 1.76. The molecule has 2 aromatic heterocycles. The fourth-order valence-corrected chi connectivity index (χ4v) is 4.19. The van der Waals surface area contributed by atoms with Gasteiger partial charge in [0.15, 0.2) is 5.13 Å². The van der Waals surface area contributed by atoms with Gasteiger partial charge in [-0.3, -0.25) is 4.79 Å². The molecule has 0 saturated heterocycles. The quantitative estimate of drug-likeness (QED) is 0.775. The van der Waals surface area contributed by atoms with Crippen molar-refractivity contribution in [3.05, 3.63) is 45.1 Å². The number of ether oxygens (including phenoxy) is 1. The van der Waals surface area contributed by atoms with Gasteiger partial charge in [0.25, 0.3) is 5.56 Å². The molecule has 4 rings (SSSR count). The van der Waals surface area contributed by atoms with E-state index < -0.39 is 0 Å². The lowest BCUT2D eigenvalue weighted by Gasteiger charge is -2.27. The average Bonchev–Trinajstić information content (AvgIpc) is 3.01. The highest BCUT2D eigenvalue weighted by Gasteiger charge is 2.24. The number of anilines is 1. The molecule has 1 aliphatic heterocycles. The molecule has 0 aliphatic carbocycles. The van der Waals surface area contributed by atoms with Crippen LogP contribution in [0.4, 0.5) is 5.13 Å². The minimum Gasteiger partial charge on any atom is -0.494 e. The molecule has 3 heterocycles. The standard InChI is InChI=1S/C17H18N4O2S/c1-9-4-5-13(23-3)14-15(9)24-17(20-14)21-7-6-12-11(8-21)16(22)19-10(2)18-12/h4-5H,6-8H2,1-3H3,(H,18,19,22). The molecule has 0 fully saturated rings. The van der Waals surface area contributed by atoms with Gasteiger partial charge in [0.05, 0.1) is 29.6 Å². The summed E-state index contributed by atoms with van der Waals surface area (Å²) in [4.78, 5) is 26.4. The monoisotopic (exact) mass is 342 g/mol. The number of benzene rings is 1. The Labute approximate surface area is 143 Å². The molecule has 0 unspecified atom stereocenters. The molecule has 0 atom stereocenters. The lowest BCUT2D eigenvalue weighted by Crippen LogP contribution is -2.35. The first-order valence-electron chi connectivity index (χ1n) is 7.84. The highest BCUT2D eigenvalue weighted by molar-refractivity contribution is 7.22. The van der Waals surface area contributed by atoms with Crippen molar-refractivity contribution in [1.82, 2.24) is 15.0 Å². The highest BCUT2D eigenvalue weighted by atomic mass is 32.1. The Bertz CT molecular complexity index is 992. The van der Waals surface area contributed by atoms with Gasteiger partial charge < -0.3 is 14.6 Å². The van der Waals surface area contributed by atoms with Crippen LogP contribution in [0.2, 0.25) is 0 Å². The van der Waals surface area contributed by atoms with E-state index in [9.17, 15) is 4.79 Å². The van der Waals surface area contributed by atoms with Crippen molar-refractivity contribution < 1.29 is 4.74 Å². The molecule has 0 bridgehead atoms. The number of H-pyrrole nitrogens is 1. The van der Waals surface area contributed by atoms with Crippen LogP contribution in [0.15, 0.2) is 16.9 Å². The van der Waals surface area contributed by atoms with E-state index in [1.54, 1.807) is 18.4 Å². The molecule has 6 nitrogen and oxygen atoms in total. The van der Waals surface area contributed by atoms with Crippen molar-refractivity contribution in [2.24, 2.45) is 0 Å². The number of aromatic amines is 1. The summed E-state index contributed by atoms with van der Waals surface area (Å²) >= 11 is 1.65. The summed E-state index contributed by atoms with van der Waals surface area (Å²) in [6.07, 6.45) is 0.756. The number of rotatable bonds is 2. The Morgan fingerprint density at radius 3 is 2.92 bits per heavy atom. The highest BCUT2D eigenvalue weighted by Crippen LogP contribution is 2.37. The summed E-state index contributed by atoms with van der Waals surface area (Å²) in [5.74, 6) is 1.46. The molecule has 3 aromatic rings. The molecule has 0 spiro atoms. The number of hydrogen-bond donors (Lipinski definition) is 1. The van der Waals surface area contributed by atoms with Crippen LogP contribution >= 0.6 is 11.3 Å². The largest absolute Gasteiger partial charge is 0.494 e. The van der Waals surface area contributed by atoms with Crippen molar-refractivity contribution in [3.8, 4) is 5.75 Å². The number of thiazole rings is 1. The molecule has 0 radical (unpaired) electrons. The molecular formula is C17H18N4O2S. The second kappa shape index (κ2) is 5.59. The van der Waals surface area contributed by atoms with Crippen molar-refractivity contribution in [3.63, 3.8) is 0 Å². The number of fused-ring (bicyclic) bond motifs is 2. The van der Waals surface area contributed by atoms with Crippen LogP contribution in [0.25, 0.3) is 10.2 Å². The zero-order chi connectivity index (χ0) is 16.8. The molecule has 24 heavy (non-hydrogen) atoms. The summed E-state index contributed by atoms with van der Waals surface area (Å²) in [7, 11) is 1.66. The van der Waals surface area contributed by atoms with Gasteiger partial charge >= 0.3 is 0 Å². The third-order valence-electron chi connectivity index (χ3n) is 4.37. The van der Waals surface area contributed by atoms with Crippen molar-refractivity contribution >= 4 is 26.7 Å². The van der Waals surface area contributed by atoms with E-state index >= 15 is 0 Å². The fraction of sp³-hybridized carbons (Fsp3) is 0.353. The summed E-state index contributed by atoms with van der Waals surface area (Å²) in [5, 5.41) is 0.920. The predicted octanol–water partition coefficient (Wildman–Crippen LogP) is 2.57. The van der Waals surface area contributed by atoms with Gasteiger partial charge in [0, 0.05) is 13.0 Å². The van der Waals surface area contributed by atoms with Gasteiger partial charge in [-0.25, -0.2) is 9.97 Å². The number of nitrogens with zero attached hydrogens (tertiary/aromatic N) is 3. The molecule has 1 aliphatic rings. The van der Waals surface area contributed by atoms with Crippen LogP contribution < -0.4 is 15.2 Å². The molecule has 0 saturated carbocycles. The SMILES string of the molecule is COc1ccc(C)c2sc(N3CCc4nc(C)[nH]c(=O)c4C3)nc12. The maximum absolute atomic E-state index is 12.2. The van der Waals surface area contributed by atoms with Gasteiger partial charge in [0.1, 0.15) is 17.1 Å². The second-order valence-electron chi connectivity index (χ2n) is 6.01. The first kappa shape index (κ1) is 15.1. The summed E-state index contributed by atoms with van der Waals surface area (Å²) in [6.45, 7) is 5.24. The van der Waals surface area contributed by atoms with E-state index in [-0.39, 0.29) is 5.56 Å². The maximum Gasteiger partial charge on any atom is 0.256 e. The zero-order valence-corrected chi connectivity index (χ0v) is 14.7. The molecular weight excluding hydrogens is 324 g/mol. The Kier molecular flexibility index (Phi) is 3.53. The van der Waals surface area contributed by atoms with Crippen LogP contribution in [-0.2, 0) is 13.0 Å². The van der Waals surface area contributed by atoms with Crippen LogP contribution in [-0.4, -0.2) is 28.6 Å². The van der Waals surface area contributed by atoms with Gasteiger partial charge in [-0.2, -0.15) is 0 Å². The van der Waals surface area contributed by atoms with Crippen molar-refractivity contribution in [1.29, 1.82) is 0 Å². The third-order valence-corrected chi connectivity index (χ3v) is 5.62. The van der Waals surface area contributed by atoms with E-state index in [1.165, 1.54) is 5.56 Å².